The van der Waals surface area contributed by atoms with Gasteiger partial charge < -0.3 is 15.8 Å². The van der Waals surface area contributed by atoms with Gasteiger partial charge in [0.25, 0.3) is 0 Å². The maximum absolute atomic E-state index is 5.42. The number of nitrogens with zero attached hydrogens (tertiary/aromatic N) is 4. The van der Waals surface area contributed by atoms with E-state index >= 15 is 0 Å². The third kappa shape index (κ3) is 2.52. The predicted molar refractivity (Wildman–Crippen MR) is 75.1 cm³/mol. The molecule has 20 heavy (non-hydrogen) atoms. The Hall–Kier alpha value is -2.67. The summed E-state index contributed by atoms with van der Waals surface area (Å²) in [5.41, 5.74) is 6.96. The highest BCUT2D eigenvalue weighted by atomic mass is 16.5. The van der Waals surface area contributed by atoms with Gasteiger partial charge in [0, 0.05) is 24.6 Å². The normalized spacial score (nSPS) is 10.7. The van der Waals surface area contributed by atoms with Crippen molar-refractivity contribution >= 4 is 17.2 Å². The van der Waals surface area contributed by atoms with Gasteiger partial charge in [0.05, 0.1) is 0 Å². The van der Waals surface area contributed by atoms with Gasteiger partial charge in [0.1, 0.15) is 18.7 Å². The van der Waals surface area contributed by atoms with E-state index in [1.807, 2.05) is 24.3 Å². The molecule has 0 unspecified atom stereocenters. The second-order valence-electron chi connectivity index (χ2n) is 4.12. The molecule has 3 N–H and O–H groups in total. The molecule has 0 saturated carbocycles. The molecule has 0 spiro atoms. The van der Waals surface area contributed by atoms with Gasteiger partial charge in [0.2, 0.25) is 5.65 Å². The first-order chi connectivity index (χ1) is 9.86. The largest absolute Gasteiger partial charge is 0.492 e. The van der Waals surface area contributed by atoms with Gasteiger partial charge in [-0.3, -0.25) is 4.40 Å². The molecule has 1 aromatic carbocycles. The first-order valence-electron chi connectivity index (χ1n) is 6.21. The molecule has 2 aromatic heterocycles. The van der Waals surface area contributed by atoms with Crippen LogP contribution < -0.4 is 15.8 Å². The fourth-order valence-electron chi connectivity index (χ4n) is 1.79. The van der Waals surface area contributed by atoms with E-state index in [1.165, 1.54) is 0 Å². The van der Waals surface area contributed by atoms with E-state index in [0.29, 0.717) is 24.6 Å². The molecule has 3 rings (SSSR count). The molecule has 7 nitrogen and oxygen atoms in total. The van der Waals surface area contributed by atoms with Crippen LogP contribution in [0.2, 0.25) is 0 Å². The standard InChI is InChI=1S/C13H14N6O/c14-5-8-20-11-3-1-10(2-4-11)17-12-13-18-16-9-19(13)7-6-15-12/h1-4,6-7,9H,5,8,14H2,(H,15,17). The van der Waals surface area contributed by atoms with Crippen molar-refractivity contribution in [2.24, 2.45) is 5.73 Å². The fourth-order valence-corrected chi connectivity index (χ4v) is 1.79. The van der Waals surface area contributed by atoms with Gasteiger partial charge in [-0.15, -0.1) is 10.2 Å². The van der Waals surface area contributed by atoms with Crippen molar-refractivity contribution in [1.82, 2.24) is 19.6 Å². The van der Waals surface area contributed by atoms with Crippen molar-refractivity contribution in [2.45, 2.75) is 0 Å². The second kappa shape index (κ2) is 5.54. The molecule has 0 aliphatic carbocycles. The fraction of sp³-hybridized carbons (Fsp3) is 0.154. The molecule has 0 bridgehead atoms. The van der Waals surface area contributed by atoms with Crippen LogP contribution in [0.1, 0.15) is 0 Å². The van der Waals surface area contributed by atoms with E-state index in [-0.39, 0.29) is 0 Å². The zero-order valence-corrected chi connectivity index (χ0v) is 10.7. The average molecular weight is 270 g/mol. The number of aromatic nitrogens is 4. The summed E-state index contributed by atoms with van der Waals surface area (Å²) in [6.45, 7) is 1.01. The smallest absolute Gasteiger partial charge is 0.203 e. The summed E-state index contributed by atoms with van der Waals surface area (Å²) in [6, 6.07) is 7.57. The Morgan fingerprint density at radius 3 is 2.90 bits per heavy atom. The highest BCUT2D eigenvalue weighted by Gasteiger charge is 2.05. The molecule has 0 fully saturated rings. The molecule has 0 radical (unpaired) electrons. The van der Waals surface area contributed by atoms with E-state index in [4.69, 9.17) is 10.5 Å². The number of ether oxygens (including phenoxy) is 1. The van der Waals surface area contributed by atoms with Crippen molar-refractivity contribution in [1.29, 1.82) is 0 Å². The minimum absolute atomic E-state index is 0.499. The van der Waals surface area contributed by atoms with Gasteiger partial charge in [-0.05, 0) is 24.3 Å². The van der Waals surface area contributed by atoms with Crippen LogP contribution in [0.4, 0.5) is 11.5 Å². The van der Waals surface area contributed by atoms with E-state index in [2.05, 4.69) is 20.5 Å². The van der Waals surface area contributed by atoms with Crippen molar-refractivity contribution in [3.63, 3.8) is 0 Å². The van der Waals surface area contributed by atoms with Crippen LogP contribution in [0.25, 0.3) is 5.65 Å². The lowest BCUT2D eigenvalue weighted by atomic mass is 10.3. The first kappa shape index (κ1) is 12.4. The Labute approximate surface area is 115 Å². The molecule has 7 heteroatoms. The van der Waals surface area contributed by atoms with Gasteiger partial charge in [-0.2, -0.15) is 0 Å². The molecule has 102 valence electrons. The average Bonchev–Trinajstić information content (AvgIpc) is 2.96. The molecule has 0 saturated heterocycles. The Kier molecular flexibility index (Phi) is 3.42. The van der Waals surface area contributed by atoms with Crippen LogP contribution >= 0.6 is 0 Å². The molecule has 0 aliphatic rings. The lowest BCUT2D eigenvalue weighted by molar-refractivity contribution is 0.328. The summed E-state index contributed by atoms with van der Waals surface area (Å²) in [5, 5.41) is 11.1. The Morgan fingerprint density at radius 1 is 1.25 bits per heavy atom. The van der Waals surface area contributed by atoms with Gasteiger partial charge >= 0.3 is 0 Å². The molecular formula is C13H14N6O. The molecule has 2 heterocycles. The van der Waals surface area contributed by atoms with Crippen molar-refractivity contribution in [3.8, 4) is 5.75 Å². The van der Waals surface area contributed by atoms with Crippen LogP contribution in [0.3, 0.4) is 0 Å². The van der Waals surface area contributed by atoms with Gasteiger partial charge in [0.15, 0.2) is 5.82 Å². The van der Waals surface area contributed by atoms with Crippen molar-refractivity contribution < 1.29 is 4.74 Å². The van der Waals surface area contributed by atoms with E-state index in [1.54, 1.807) is 23.1 Å². The third-order valence-electron chi connectivity index (χ3n) is 2.72. The number of hydrogen-bond donors (Lipinski definition) is 2. The topological polar surface area (TPSA) is 90.4 Å². The van der Waals surface area contributed by atoms with Crippen LogP contribution in [-0.2, 0) is 0 Å². The molecule has 0 aliphatic heterocycles. The number of anilines is 2. The predicted octanol–water partition coefficient (Wildman–Crippen LogP) is 1.21. The number of benzene rings is 1. The summed E-state index contributed by atoms with van der Waals surface area (Å²) in [7, 11) is 0. The van der Waals surface area contributed by atoms with Crippen LogP contribution in [-0.4, -0.2) is 32.7 Å². The zero-order chi connectivity index (χ0) is 13.8. The number of rotatable bonds is 5. The quantitative estimate of drug-likeness (QED) is 0.724. The zero-order valence-electron chi connectivity index (χ0n) is 10.7. The Morgan fingerprint density at radius 2 is 2.10 bits per heavy atom. The summed E-state index contributed by atoms with van der Waals surface area (Å²) in [4.78, 5) is 4.26. The minimum atomic E-state index is 0.499. The van der Waals surface area contributed by atoms with E-state index in [9.17, 15) is 0 Å². The summed E-state index contributed by atoms with van der Waals surface area (Å²) >= 11 is 0. The SMILES string of the molecule is NCCOc1ccc(Nc2nccn3cnnc23)cc1. The second-order valence-corrected chi connectivity index (χ2v) is 4.12. The summed E-state index contributed by atoms with van der Waals surface area (Å²) < 4.78 is 7.22. The van der Waals surface area contributed by atoms with Crippen molar-refractivity contribution in [2.75, 3.05) is 18.5 Å². The lowest BCUT2D eigenvalue weighted by Crippen LogP contribution is -2.10. The highest BCUT2D eigenvalue weighted by molar-refractivity contribution is 5.69. The molecule has 0 atom stereocenters. The maximum atomic E-state index is 5.42. The number of fused-ring (bicyclic) bond motifs is 1. The lowest BCUT2D eigenvalue weighted by Gasteiger charge is -2.08. The number of hydrogen-bond acceptors (Lipinski definition) is 6. The highest BCUT2D eigenvalue weighted by Crippen LogP contribution is 2.20. The monoisotopic (exact) mass is 270 g/mol. The van der Waals surface area contributed by atoms with Crippen molar-refractivity contribution in [3.05, 3.63) is 43.0 Å². The Balaban J connectivity index is 1.79. The van der Waals surface area contributed by atoms with E-state index < -0.39 is 0 Å². The van der Waals surface area contributed by atoms with Crippen LogP contribution in [0.15, 0.2) is 43.0 Å². The van der Waals surface area contributed by atoms with Gasteiger partial charge in [-0.25, -0.2) is 4.98 Å². The van der Waals surface area contributed by atoms with Gasteiger partial charge in [-0.1, -0.05) is 0 Å². The maximum Gasteiger partial charge on any atom is 0.203 e. The number of nitrogens with two attached hydrogens (primary N) is 1. The Bertz CT molecular complexity index is 693. The summed E-state index contributed by atoms with van der Waals surface area (Å²) in [6.07, 6.45) is 5.12. The molecular weight excluding hydrogens is 256 g/mol. The van der Waals surface area contributed by atoms with Crippen LogP contribution in [0, 0.1) is 0 Å². The molecule has 0 amide bonds. The van der Waals surface area contributed by atoms with Crippen LogP contribution in [0.5, 0.6) is 5.75 Å². The first-order valence-corrected chi connectivity index (χ1v) is 6.21. The van der Waals surface area contributed by atoms with E-state index in [0.717, 1.165) is 11.4 Å². The third-order valence-corrected chi connectivity index (χ3v) is 2.72. The number of nitrogens with one attached hydrogen (secondary N) is 1. The molecule has 3 aromatic rings. The summed E-state index contributed by atoms with van der Waals surface area (Å²) in [5.74, 6) is 1.44. The minimum Gasteiger partial charge on any atom is -0.492 e.